The van der Waals surface area contributed by atoms with E-state index in [4.69, 9.17) is 11.6 Å². The lowest BCUT2D eigenvalue weighted by atomic mass is 10.0. The Bertz CT molecular complexity index is 998. The number of carbonyl (C=O) groups excluding carboxylic acids is 1. The number of hydrogen-bond acceptors (Lipinski definition) is 6. The second-order valence-electron chi connectivity index (χ2n) is 5.72. The molecule has 134 valence electrons. The molecular weight excluding hydrogens is 394 g/mol. The summed E-state index contributed by atoms with van der Waals surface area (Å²) in [5.74, 6) is 0.627. The van der Waals surface area contributed by atoms with Crippen LogP contribution in [0.25, 0.3) is 5.00 Å². The summed E-state index contributed by atoms with van der Waals surface area (Å²) in [6.45, 7) is -0.177. The van der Waals surface area contributed by atoms with E-state index in [0.717, 1.165) is 27.3 Å². The summed E-state index contributed by atoms with van der Waals surface area (Å²) in [6.07, 6.45) is 0.806. The van der Waals surface area contributed by atoms with Gasteiger partial charge in [0.1, 0.15) is 11.5 Å². The van der Waals surface area contributed by atoms with Crippen LogP contribution < -0.4 is 11.0 Å². The Hall–Kier alpha value is -2.10. The van der Waals surface area contributed by atoms with Crippen LogP contribution in [0.1, 0.15) is 18.0 Å². The number of nitrogens with zero attached hydrogens (tertiary/aromatic N) is 4. The van der Waals surface area contributed by atoms with Crippen LogP contribution in [0.4, 0.5) is 0 Å². The Balaban J connectivity index is 1.49. The molecule has 0 saturated heterocycles. The Morgan fingerprint density at radius 1 is 1.35 bits per heavy atom. The highest BCUT2D eigenvalue weighted by atomic mass is 35.5. The molecule has 3 aromatic rings. The highest BCUT2D eigenvalue weighted by Crippen LogP contribution is 2.37. The van der Waals surface area contributed by atoms with Gasteiger partial charge in [-0.15, -0.1) is 23.1 Å². The van der Waals surface area contributed by atoms with Gasteiger partial charge in [-0.05, 0) is 58.1 Å². The average molecular weight is 408 g/mol. The fraction of sp³-hybridized carbons (Fsp3) is 0.250. The maximum Gasteiger partial charge on any atom is 0.369 e. The Morgan fingerprint density at radius 3 is 3.04 bits per heavy atom. The van der Waals surface area contributed by atoms with Crippen molar-refractivity contribution in [3.63, 3.8) is 0 Å². The standard InChI is InChI=1S/C16H14ClN5O2S2/c17-10-3-4-13-11(8-10)12(5-7-25-13)18-14(23)9-21-16(24)22(20-19-21)15-2-1-6-26-15/h1-4,6,8,12H,5,7,9H2,(H,18,23)/t12-/m1/s1. The van der Waals surface area contributed by atoms with Crippen molar-refractivity contribution < 1.29 is 4.79 Å². The first-order valence-corrected chi connectivity index (χ1v) is 10.1. The number of nitrogens with one attached hydrogen (secondary N) is 1. The normalized spacial score (nSPS) is 16.3. The molecule has 1 aliphatic heterocycles. The monoisotopic (exact) mass is 407 g/mol. The zero-order valence-electron chi connectivity index (χ0n) is 13.5. The molecule has 1 aliphatic rings. The minimum Gasteiger partial charge on any atom is -0.348 e. The van der Waals surface area contributed by atoms with Crippen molar-refractivity contribution in [3.05, 3.63) is 56.8 Å². The van der Waals surface area contributed by atoms with E-state index in [0.29, 0.717) is 10.0 Å². The van der Waals surface area contributed by atoms with Gasteiger partial charge in [-0.1, -0.05) is 11.6 Å². The molecule has 10 heteroatoms. The van der Waals surface area contributed by atoms with E-state index >= 15 is 0 Å². The molecule has 0 saturated carbocycles. The molecule has 2 aromatic heterocycles. The van der Waals surface area contributed by atoms with Gasteiger partial charge in [-0.25, -0.2) is 4.79 Å². The Labute approximate surface area is 161 Å². The summed E-state index contributed by atoms with van der Waals surface area (Å²) < 4.78 is 2.25. The van der Waals surface area contributed by atoms with Gasteiger partial charge in [-0.3, -0.25) is 4.79 Å². The van der Waals surface area contributed by atoms with Gasteiger partial charge in [0.2, 0.25) is 5.91 Å². The van der Waals surface area contributed by atoms with Gasteiger partial charge < -0.3 is 5.32 Å². The van der Waals surface area contributed by atoms with Crippen molar-refractivity contribution in [2.45, 2.75) is 23.9 Å². The minimum absolute atomic E-state index is 0.125. The molecule has 7 nitrogen and oxygen atoms in total. The van der Waals surface area contributed by atoms with Crippen molar-refractivity contribution in [1.29, 1.82) is 0 Å². The molecule has 3 heterocycles. The zero-order valence-corrected chi connectivity index (χ0v) is 15.9. The minimum atomic E-state index is -0.440. The average Bonchev–Trinajstić information content (AvgIpc) is 3.26. The Morgan fingerprint density at radius 2 is 2.23 bits per heavy atom. The van der Waals surface area contributed by atoms with Crippen LogP contribution in [-0.2, 0) is 11.3 Å². The number of hydrogen-bond donors (Lipinski definition) is 1. The van der Waals surface area contributed by atoms with Crippen molar-refractivity contribution in [1.82, 2.24) is 25.1 Å². The number of rotatable bonds is 4. The van der Waals surface area contributed by atoms with E-state index in [1.165, 1.54) is 16.0 Å². The summed E-state index contributed by atoms with van der Waals surface area (Å²) in [5.41, 5.74) is 0.571. The van der Waals surface area contributed by atoms with Crippen LogP contribution in [-0.4, -0.2) is 31.5 Å². The summed E-state index contributed by atoms with van der Waals surface area (Å²) in [4.78, 5) is 25.9. The predicted molar refractivity (Wildman–Crippen MR) is 101 cm³/mol. The number of fused-ring (bicyclic) bond motifs is 1. The number of thiophene rings is 1. The molecule has 0 fully saturated rings. The van der Waals surface area contributed by atoms with Gasteiger partial charge >= 0.3 is 5.69 Å². The molecule has 0 unspecified atom stereocenters. The SMILES string of the molecule is O=C(Cn1nnn(-c2cccs2)c1=O)N[C@@H]1CCSc2ccc(Cl)cc21. The van der Waals surface area contributed by atoms with Crippen LogP contribution in [0.3, 0.4) is 0 Å². The van der Waals surface area contributed by atoms with E-state index in [1.54, 1.807) is 17.8 Å². The third kappa shape index (κ3) is 3.42. The molecule has 1 aromatic carbocycles. The summed E-state index contributed by atoms with van der Waals surface area (Å²) in [6, 6.07) is 9.17. The lowest BCUT2D eigenvalue weighted by Crippen LogP contribution is -2.36. The fourth-order valence-electron chi connectivity index (χ4n) is 2.79. The molecule has 0 radical (unpaired) electrons. The lowest BCUT2D eigenvalue weighted by Gasteiger charge is -2.26. The first-order chi connectivity index (χ1) is 12.6. The fourth-order valence-corrected chi connectivity index (χ4v) is 4.75. The number of halogens is 1. The van der Waals surface area contributed by atoms with E-state index in [9.17, 15) is 9.59 Å². The first kappa shape index (κ1) is 17.3. The first-order valence-electron chi connectivity index (χ1n) is 7.90. The van der Waals surface area contributed by atoms with E-state index in [2.05, 4.69) is 15.7 Å². The summed E-state index contributed by atoms with van der Waals surface area (Å²) in [7, 11) is 0. The van der Waals surface area contributed by atoms with Crippen LogP contribution in [0.2, 0.25) is 5.02 Å². The lowest BCUT2D eigenvalue weighted by molar-refractivity contribution is -0.122. The van der Waals surface area contributed by atoms with E-state index < -0.39 is 5.69 Å². The zero-order chi connectivity index (χ0) is 18.1. The van der Waals surface area contributed by atoms with Crippen molar-refractivity contribution in [2.75, 3.05) is 5.75 Å². The smallest absolute Gasteiger partial charge is 0.348 e. The largest absolute Gasteiger partial charge is 0.369 e. The predicted octanol–water partition coefficient (Wildman–Crippen LogP) is 2.50. The van der Waals surface area contributed by atoms with Crippen molar-refractivity contribution in [3.8, 4) is 5.00 Å². The van der Waals surface area contributed by atoms with Gasteiger partial charge in [0.25, 0.3) is 0 Å². The molecule has 26 heavy (non-hydrogen) atoms. The summed E-state index contributed by atoms with van der Waals surface area (Å²) in [5, 5.41) is 13.8. The van der Waals surface area contributed by atoms with Crippen LogP contribution in [0, 0.1) is 0 Å². The van der Waals surface area contributed by atoms with E-state index in [1.807, 2.05) is 29.6 Å². The third-order valence-corrected chi connectivity index (χ3v) is 6.20. The molecule has 0 aliphatic carbocycles. The van der Waals surface area contributed by atoms with Gasteiger partial charge in [0, 0.05) is 15.7 Å². The molecule has 1 atom stereocenters. The highest BCUT2D eigenvalue weighted by molar-refractivity contribution is 7.99. The number of carbonyl (C=O) groups is 1. The van der Waals surface area contributed by atoms with Gasteiger partial charge in [0.05, 0.1) is 6.04 Å². The van der Waals surface area contributed by atoms with E-state index in [-0.39, 0.29) is 18.5 Å². The second kappa shape index (κ2) is 7.26. The number of thioether (sulfide) groups is 1. The highest BCUT2D eigenvalue weighted by Gasteiger charge is 2.23. The summed E-state index contributed by atoms with van der Waals surface area (Å²) >= 11 is 9.22. The number of amides is 1. The number of aromatic nitrogens is 4. The second-order valence-corrected chi connectivity index (χ2v) is 8.22. The number of tetrazole rings is 1. The Kier molecular flexibility index (Phi) is 4.84. The van der Waals surface area contributed by atoms with Crippen molar-refractivity contribution in [2.24, 2.45) is 0 Å². The molecule has 1 amide bonds. The molecular formula is C16H14ClN5O2S2. The molecule has 0 spiro atoms. The van der Waals surface area contributed by atoms with Crippen LogP contribution >= 0.6 is 34.7 Å². The number of benzene rings is 1. The topological polar surface area (TPSA) is 81.8 Å². The quantitative estimate of drug-likeness (QED) is 0.718. The van der Waals surface area contributed by atoms with Crippen molar-refractivity contribution >= 4 is 40.6 Å². The van der Waals surface area contributed by atoms with Crippen LogP contribution in [0.15, 0.2) is 45.4 Å². The van der Waals surface area contributed by atoms with Crippen LogP contribution in [0.5, 0.6) is 0 Å². The maximum atomic E-state index is 12.4. The maximum absolute atomic E-state index is 12.4. The van der Waals surface area contributed by atoms with Gasteiger partial charge in [-0.2, -0.15) is 9.36 Å². The molecule has 1 N–H and O–H groups in total. The molecule has 4 rings (SSSR count). The van der Waals surface area contributed by atoms with Gasteiger partial charge in [0.15, 0.2) is 0 Å². The third-order valence-electron chi connectivity index (χ3n) is 3.99. The molecule has 0 bridgehead atoms.